The summed E-state index contributed by atoms with van der Waals surface area (Å²) in [6.45, 7) is 4.30. The molecule has 36 heavy (non-hydrogen) atoms. The van der Waals surface area contributed by atoms with E-state index in [-0.39, 0.29) is 5.69 Å². The van der Waals surface area contributed by atoms with Crippen LogP contribution in [0.4, 0.5) is 29.3 Å². The molecule has 8 nitrogen and oxygen atoms in total. The quantitative estimate of drug-likeness (QED) is 0.449. The molecule has 2 heterocycles. The van der Waals surface area contributed by atoms with Gasteiger partial charge in [-0.15, -0.1) is 0 Å². The molecule has 2 N–H and O–H groups in total. The number of carbonyl (C=O) groups excluding carboxylic acids is 1. The van der Waals surface area contributed by atoms with Gasteiger partial charge in [-0.05, 0) is 36.4 Å². The minimum absolute atomic E-state index is 0.00510. The first-order chi connectivity index (χ1) is 17.2. The predicted molar refractivity (Wildman–Crippen MR) is 130 cm³/mol. The molecule has 0 atom stereocenters. The first-order valence-corrected chi connectivity index (χ1v) is 11.6. The van der Waals surface area contributed by atoms with E-state index in [0.29, 0.717) is 47.5 Å². The Labute approximate surface area is 210 Å². The molecular weight excluding hydrogens is 499 g/mol. The molecule has 0 spiro atoms. The summed E-state index contributed by atoms with van der Waals surface area (Å²) < 4.78 is 51.9. The van der Waals surface area contributed by atoms with Crippen molar-refractivity contribution < 1.29 is 27.4 Å². The molecule has 0 radical (unpaired) electrons. The third kappa shape index (κ3) is 6.48. The normalized spacial score (nSPS) is 14.5. The summed E-state index contributed by atoms with van der Waals surface area (Å²) >= 11 is 6.36. The molecule has 3 aromatic rings. The van der Waals surface area contributed by atoms with Crippen LogP contribution in [0, 0.1) is 0 Å². The second-order valence-electron chi connectivity index (χ2n) is 8.13. The number of aromatic nitrogens is 2. The van der Waals surface area contributed by atoms with Gasteiger partial charge in [-0.2, -0.15) is 18.3 Å². The summed E-state index contributed by atoms with van der Waals surface area (Å²) in [5.74, 6) is 0.569. The predicted octanol–water partition coefficient (Wildman–Crippen LogP) is 5.11. The number of ether oxygens (including phenoxy) is 2. The highest BCUT2D eigenvalue weighted by Crippen LogP contribution is 2.36. The van der Waals surface area contributed by atoms with Crippen LogP contribution >= 0.6 is 11.6 Å². The van der Waals surface area contributed by atoms with Crippen molar-refractivity contribution in [3.05, 3.63) is 59.2 Å². The number of benzene rings is 2. The minimum atomic E-state index is -4.52. The zero-order valence-electron chi connectivity index (χ0n) is 19.4. The Morgan fingerprint density at radius 2 is 1.94 bits per heavy atom. The van der Waals surface area contributed by atoms with Gasteiger partial charge >= 0.3 is 12.2 Å². The zero-order valence-corrected chi connectivity index (χ0v) is 20.2. The van der Waals surface area contributed by atoms with Crippen molar-refractivity contribution in [1.29, 1.82) is 0 Å². The monoisotopic (exact) mass is 523 g/mol. The fourth-order valence-electron chi connectivity index (χ4n) is 3.81. The molecule has 12 heteroatoms. The highest BCUT2D eigenvalue weighted by atomic mass is 35.5. The maximum Gasteiger partial charge on any atom is 0.416 e. The maximum absolute atomic E-state index is 13.0. The van der Waals surface area contributed by atoms with E-state index in [4.69, 9.17) is 21.1 Å². The average Bonchev–Trinajstić information content (AvgIpc) is 3.18. The number of rotatable bonds is 7. The van der Waals surface area contributed by atoms with Gasteiger partial charge in [0.05, 0.1) is 41.4 Å². The second kappa shape index (κ2) is 11.2. The smallest absolute Gasteiger partial charge is 0.416 e. The third-order valence-corrected chi connectivity index (χ3v) is 5.89. The topological polar surface area (TPSA) is 80.7 Å². The molecule has 2 aromatic carbocycles. The lowest BCUT2D eigenvalue weighted by Crippen LogP contribution is -2.38. The van der Waals surface area contributed by atoms with Gasteiger partial charge < -0.3 is 20.1 Å². The van der Waals surface area contributed by atoms with Gasteiger partial charge in [-0.3, -0.25) is 9.58 Å². The first-order valence-electron chi connectivity index (χ1n) is 11.2. The van der Waals surface area contributed by atoms with Gasteiger partial charge in [0.2, 0.25) is 0 Å². The third-order valence-electron chi connectivity index (χ3n) is 5.62. The van der Waals surface area contributed by atoms with Crippen LogP contribution in [0.2, 0.25) is 5.02 Å². The van der Waals surface area contributed by atoms with Gasteiger partial charge in [0, 0.05) is 37.9 Å². The van der Waals surface area contributed by atoms with Crippen molar-refractivity contribution in [3.63, 3.8) is 0 Å². The number of aryl methyl sites for hydroxylation is 1. The Balaban J connectivity index is 1.51. The molecule has 2 amide bonds. The highest BCUT2D eigenvalue weighted by molar-refractivity contribution is 6.33. The van der Waals surface area contributed by atoms with Crippen LogP contribution < -0.4 is 15.4 Å². The summed E-state index contributed by atoms with van der Waals surface area (Å²) in [5.41, 5.74) is 0.616. The fourth-order valence-corrected chi connectivity index (χ4v) is 4.07. The number of hydrogen-bond acceptors (Lipinski definition) is 5. The molecule has 0 bridgehead atoms. The van der Waals surface area contributed by atoms with Crippen molar-refractivity contribution >= 4 is 29.0 Å². The Morgan fingerprint density at radius 3 is 2.64 bits per heavy atom. The number of nitrogens with one attached hydrogen (secondary N) is 2. The molecule has 0 saturated carbocycles. The van der Waals surface area contributed by atoms with Gasteiger partial charge in [0.25, 0.3) is 0 Å². The van der Waals surface area contributed by atoms with Crippen molar-refractivity contribution in [2.24, 2.45) is 7.05 Å². The van der Waals surface area contributed by atoms with Crippen LogP contribution in [0.5, 0.6) is 5.75 Å². The molecule has 1 fully saturated rings. The molecule has 0 unspecified atom stereocenters. The van der Waals surface area contributed by atoms with Crippen LogP contribution in [0.25, 0.3) is 11.3 Å². The van der Waals surface area contributed by atoms with E-state index < -0.39 is 17.8 Å². The standard InChI is InChI=1S/C24H25ClF3N5O3/c1-32-22(20(25)15-29-32)19-14-18(36-12-9-33-7-10-35-11-8-33)5-6-21(19)31-23(34)30-17-4-2-3-16(13-17)24(26,27)28/h2-6,13-15H,7-12H2,1H3,(H2,30,31,34). The molecule has 1 aliphatic heterocycles. The number of alkyl halides is 3. The van der Waals surface area contributed by atoms with Crippen molar-refractivity contribution in [2.45, 2.75) is 6.18 Å². The van der Waals surface area contributed by atoms with Crippen molar-refractivity contribution in [3.8, 4) is 17.0 Å². The van der Waals surface area contributed by atoms with Crippen molar-refractivity contribution in [1.82, 2.24) is 14.7 Å². The Bertz CT molecular complexity index is 1190. The highest BCUT2D eigenvalue weighted by Gasteiger charge is 2.30. The number of halogens is 4. The summed E-state index contributed by atoms with van der Waals surface area (Å²) in [7, 11) is 1.71. The maximum atomic E-state index is 13.0. The van der Waals surface area contributed by atoms with Crippen LogP contribution in [-0.2, 0) is 18.0 Å². The summed E-state index contributed by atoms with van der Waals surface area (Å²) in [5, 5.41) is 9.65. The molecule has 1 aromatic heterocycles. The molecule has 192 valence electrons. The number of amides is 2. The molecule has 1 saturated heterocycles. The zero-order chi connectivity index (χ0) is 25.7. The second-order valence-corrected chi connectivity index (χ2v) is 8.54. The van der Waals surface area contributed by atoms with Gasteiger partial charge in [0.1, 0.15) is 12.4 Å². The lowest BCUT2D eigenvalue weighted by Gasteiger charge is -2.26. The Kier molecular flexibility index (Phi) is 8.02. The molecular formula is C24H25ClF3N5O3. The van der Waals surface area contributed by atoms with Crippen molar-refractivity contribution in [2.75, 3.05) is 50.1 Å². The van der Waals surface area contributed by atoms with Gasteiger partial charge in [0.15, 0.2) is 0 Å². The number of anilines is 2. The lowest BCUT2D eigenvalue weighted by atomic mass is 10.1. The van der Waals surface area contributed by atoms with Crippen LogP contribution in [0.15, 0.2) is 48.7 Å². The van der Waals surface area contributed by atoms with Gasteiger partial charge in [-0.1, -0.05) is 17.7 Å². The SMILES string of the molecule is Cn1ncc(Cl)c1-c1cc(OCCN2CCOCC2)ccc1NC(=O)Nc1cccc(C(F)(F)F)c1. The Hall–Kier alpha value is -3.28. The van der Waals surface area contributed by atoms with E-state index >= 15 is 0 Å². The molecule has 1 aliphatic rings. The number of hydrogen-bond donors (Lipinski definition) is 2. The van der Waals surface area contributed by atoms with Crippen LogP contribution in [0.3, 0.4) is 0 Å². The van der Waals surface area contributed by atoms with Gasteiger partial charge in [-0.25, -0.2) is 4.79 Å². The largest absolute Gasteiger partial charge is 0.492 e. The average molecular weight is 524 g/mol. The van der Waals surface area contributed by atoms with E-state index in [0.717, 1.165) is 31.8 Å². The fraction of sp³-hybridized carbons (Fsp3) is 0.333. The van der Waals surface area contributed by atoms with Crippen LogP contribution in [-0.4, -0.2) is 60.2 Å². The van der Waals surface area contributed by atoms with Crippen LogP contribution in [0.1, 0.15) is 5.56 Å². The lowest BCUT2D eigenvalue weighted by molar-refractivity contribution is -0.137. The number of nitrogens with zero attached hydrogens (tertiary/aromatic N) is 3. The minimum Gasteiger partial charge on any atom is -0.492 e. The van der Waals surface area contributed by atoms with E-state index in [9.17, 15) is 18.0 Å². The Morgan fingerprint density at radius 1 is 1.17 bits per heavy atom. The number of morpholine rings is 1. The number of urea groups is 1. The van der Waals surface area contributed by atoms with E-state index in [2.05, 4.69) is 20.6 Å². The van der Waals surface area contributed by atoms with E-state index in [1.807, 2.05) is 0 Å². The van der Waals surface area contributed by atoms with E-state index in [1.165, 1.54) is 18.3 Å². The number of carbonyl (C=O) groups is 1. The molecule has 4 rings (SSSR count). The first kappa shape index (κ1) is 25.8. The molecule has 0 aliphatic carbocycles. The summed E-state index contributed by atoms with van der Waals surface area (Å²) in [6, 6.07) is 8.77. The van der Waals surface area contributed by atoms with E-state index in [1.54, 1.807) is 29.9 Å². The summed E-state index contributed by atoms with van der Waals surface area (Å²) in [6.07, 6.45) is -3.04. The summed E-state index contributed by atoms with van der Waals surface area (Å²) in [4.78, 5) is 14.9.